The minimum atomic E-state index is -0.182. The maximum Gasteiger partial charge on any atom is 0.265 e. The summed E-state index contributed by atoms with van der Waals surface area (Å²) in [6.45, 7) is -0.0172. The van der Waals surface area contributed by atoms with Crippen molar-refractivity contribution in [3.05, 3.63) is 72.2 Å². The lowest BCUT2D eigenvalue weighted by atomic mass is 9.90. The lowest BCUT2D eigenvalue weighted by Gasteiger charge is -2.41. The largest absolute Gasteiger partial charge is 0.395 e. The molecule has 3 aromatic rings. The fourth-order valence-electron chi connectivity index (χ4n) is 3.58. The molecule has 0 radical (unpaired) electrons. The zero-order chi connectivity index (χ0) is 19.3. The highest BCUT2D eigenvalue weighted by Gasteiger charge is 2.32. The van der Waals surface area contributed by atoms with E-state index in [0.29, 0.717) is 12.0 Å². The van der Waals surface area contributed by atoms with Crippen molar-refractivity contribution in [2.24, 2.45) is 0 Å². The molecule has 1 aliphatic carbocycles. The van der Waals surface area contributed by atoms with Crippen molar-refractivity contribution < 1.29 is 9.90 Å². The van der Waals surface area contributed by atoms with Crippen LogP contribution in [0.25, 0.3) is 10.9 Å². The molecule has 0 unspecified atom stereocenters. The molecule has 28 heavy (non-hydrogen) atoms. The summed E-state index contributed by atoms with van der Waals surface area (Å²) in [6.07, 6.45) is 7.08. The number of aromatic nitrogens is 2. The normalized spacial score (nSPS) is 15.4. The highest BCUT2D eigenvalue weighted by atomic mass is 16.3. The van der Waals surface area contributed by atoms with Gasteiger partial charge in [0, 0.05) is 23.2 Å². The van der Waals surface area contributed by atoms with E-state index in [9.17, 15) is 9.90 Å². The van der Waals surface area contributed by atoms with Gasteiger partial charge in [-0.1, -0.05) is 42.8 Å². The second-order valence-electron chi connectivity index (χ2n) is 7.26. The zero-order valence-electron chi connectivity index (χ0n) is 15.7. The van der Waals surface area contributed by atoms with Crippen molar-refractivity contribution in [1.29, 1.82) is 0 Å². The molecule has 1 fully saturated rings. The van der Waals surface area contributed by atoms with E-state index in [2.05, 4.69) is 15.4 Å². The minimum absolute atomic E-state index is 0.0172. The number of fused-ring (bicyclic) bond motifs is 1. The Hall–Kier alpha value is -2.83. The van der Waals surface area contributed by atoms with E-state index in [-0.39, 0.29) is 24.6 Å². The fraction of sp³-hybridized carbons (Fsp3) is 0.318. The second kappa shape index (κ2) is 8.46. The Morgan fingerprint density at radius 3 is 2.75 bits per heavy atom. The van der Waals surface area contributed by atoms with Crippen molar-refractivity contribution >= 4 is 16.8 Å². The molecule has 1 aromatic heterocycles. The highest BCUT2D eigenvalue weighted by Crippen LogP contribution is 2.26. The third kappa shape index (κ3) is 4.03. The van der Waals surface area contributed by atoms with Gasteiger partial charge in [0.2, 0.25) is 0 Å². The summed E-state index contributed by atoms with van der Waals surface area (Å²) in [5, 5.41) is 12.9. The van der Waals surface area contributed by atoms with Gasteiger partial charge in [-0.2, -0.15) is 0 Å². The molecule has 6 heteroatoms. The molecule has 0 aliphatic heterocycles. The number of carbonyl (C=O) groups excluding carboxylic acids is 1. The predicted octanol–water partition coefficient (Wildman–Crippen LogP) is 2.73. The van der Waals surface area contributed by atoms with Crippen molar-refractivity contribution in [2.45, 2.75) is 37.8 Å². The van der Waals surface area contributed by atoms with Crippen LogP contribution in [-0.4, -0.2) is 44.7 Å². The van der Waals surface area contributed by atoms with Crippen LogP contribution >= 0.6 is 0 Å². The summed E-state index contributed by atoms with van der Waals surface area (Å²) >= 11 is 0. The van der Waals surface area contributed by atoms with Gasteiger partial charge in [-0.15, -0.1) is 0 Å². The monoisotopic (exact) mass is 376 g/mol. The predicted molar refractivity (Wildman–Crippen MR) is 108 cm³/mol. The average molecular weight is 376 g/mol. The van der Waals surface area contributed by atoms with Crippen molar-refractivity contribution in [1.82, 2.24) is 20.4 Å². The Morgan fingerprint density at radius 2 is 2.04 bits per heavy atom. The lowest BCUT2D eigenvalue weighted by molar-refractivity contribution is 0.00422. The molecule has 1 amide bonds. The summed E-state index contributed by atoms with van der Waals surface area (Å²) < 4.78 is 0. The number of carbonyl (C=O) groups is 1. The molecule has 0 saturated heterocycles. The summed E-state index contributed by atoms with van der Waals surface area (Å²) in [6, 6.07) is 15.6. The van der Waals surface area contributed by atoms with Crippen LogP contribution in [0.2, 0.25) is 0 Å². The number of nitrogens with one attached hydrogen (secondary N) is 1. The van der Waals surface area contributed by atoms with Gasteiger partial charge < -0.3 is 5.11 Å². The van der Waals surface area contributed by atoms with Gasteiger partial charge in [0.1, 0.15) is 6.33 Å². The Labute approximate surface area is 164 Å². The first-order valence-electron chi connectivity index (χ1n) is 9.68. The van der Waals surface area contributed by atoms with Crippen molar-refractivity contribution in [3.63, 3.8) is 0 Å². The van der Waals surface area contributed by atoms with E-state index in [4.69, 9.17) is 0 Å². The third-order valence-corrected chi connectivity index (χ3v) is 5.39. The van der Waals surface area contributed by atoms with Crippen LogP contribution in [0.3, 0.4) is 0 Å². The molecule has 0 spiro atoms. The molecule has 1 saturated carbocycles. The van der Waals surface area contributed by atoms with Crippen LogP contribution in [0.5, 0.6) is 0 Å². The van der Waals surface area contributed by atoms with Crippen molar-refractivity contribution in [3.8, 4) is 0 Å². The van der Waals surface area contributed by atoms with Gasteiger partial charge in [-0.3, -0.25) is 10.2 Å². The number of amides is 1. The zero-order valence-corrected chi connectivity index (χ0v) is 15.7. The Kier molecular flexibility index (Phi) is 5.60. The molecule has 6 nitrogen and oxygen atoms in total. The van der Waals surface area contributed by atoms with Crippen LogP contribution in [0, 0.1) is 0 Å². The number of hydrogen-bond acceptors (Lipinski definition) is 5. The number of nitrogens with zero attached hydrogens (tertiary/aromatic N) is 3. The Bertz CT molecular complexity index is 943. The molecule has 2 N–H and O–H groups in total. The second-order valence-corrected chi connectivity index (χ2v) is 7.26. The first kappa shape index (κ1) is 18.5. The van der Waals surface area contributed by atoms with Gasteiger partial charge in [0.25, 0.3) is 5.91 Å². The first-order chi connectivity index (χ1) is 13.7. The van der Waals surface area contributed by atoms with E-state index in [1.54, 1.807) is 18.3 Å². The van der Waals surface area contributed by atoms with Crippen LogP contribution in [0.4, 0.5) is 0 Å². The molecule has 1 heterocycles. The van der Waals surface area contributed by atoms with Crippen LogP contribution < -0.4 is 5.43 Å². The number of aliphatic hydroxyl groups excluding tert-OH is 1. The summed E-state index contributed by atoms with van der Waals surface area (Å²) in [4.78, 5) is 21.2. The van der Waals surface area contributed by atoms with Gasteiger partial charge in [-0.25, -0.2) is 15.0 Å². The molecule has 2 aromatic carbocycles. The highest BCUT2D eigenvalue weighted by molar-refractivity contribution is 5.97. The number of benzene rings is 2. The van der Waals surface area contributed by atoms with Crippen LogP contribution in [-0.2, 0) is 6.42 Å². The number of aliphatic hydroxyl groups is 1. The minimum Gasteiger partial charge on any atom is -0.395 e. The smallest absolute Gasteiger partial charge is 0.265 e. The van der Waals surface area contributed by atoms with E-state index in [1.165, 1.54) is 6.33 Å². The quantitative estimate of drug-likeness (QED) is 0.620. The Balaban J connectivity index is 1.54. The van der Waals surface area contributed by atoms with Gasteiger partial charge in [0.05, 0.1) is 18.2 Å². The number of hydrogen-bond donors (Lipinski definition) is 2. The van der Waals surface area contributed by atoms with Crippen molar-refractivity contribution in [2.75, 3.05) is 6.61 Å². The topological polar surface area (TPSA) is 78.4 Å². The maximum absolute atomic E-state index is 12.9. The van der Waals surface area contributed by atoms with E-state index in [1.807, 2.05) is 41.4 Å². The van der Waals surface area contributed by atoms with Crippen LogP contribution in [0.1, 0.15) is 35.2 Å². The fourth-order valence-corrected chi connectivity index (χ4v) is 3.58. The van der Waals surface area contributed by atoms with Gasteiger partial charge >= 0.3 is 0 Å². The number of hydrazine groups is 1. The molecular formula is C22H24N4O2. The Morgan fingerprint density at radius 1 is 1.21 bits per heavy atom. The standard InChI is InChI=1S/C22H24N4O2/c27-14-20(11-16-5-2-1-3-6-16)26(19-7-4-8-19)25-22(28)17-9-10-18-13-23-15-24-21(18)12-17/h1-3,5-6,9-10,12-13,15,19-20,27H,4,7-8,11,14H2,(H,25,28)/t20-/m0/s1. The average Bonchev–Trinajstić information content (AvgIpc) is 2.70. The lowest BCUT2D eigenvalue weighted by Crippen LogP contribution is -2.57. The maximum atomic E-state index is 12.9. The SMILES string of the molecule is O=C(NN(C1CCC1)[C@H](CO)Cc1ccccc1)c1ccc2cncnc2c1. The van der Waals surface area contributed by atoms with E-state index < -0.39 is 0 Å². The molecule has 1 aliphatic rings. The van der Waals surface area contributed by atoms with Crippen LogP contribution in [0.15, 0.2) is 61.1 Å². The first-order valence-corrected chi connectivity index (χ1v) is 9.68. The van der Waals surface area contributed by atoms with Gasteiger partial charge in [-0.05, 0) is 37.0 Å². The number of rotatable bonds is 7. The van der Waals surface area contributed by atoms with E-state index >= 15 is 0 Å². The van der Waals surface area contributed by atoms with E-state index in [0.717, 1.165) is 35.7 Å². The molecule has 4 rings (SSSR count). The molecule has 144 valence electrons. The summed E-state index contributed by atoms with van der Waals surface area (Å²) in [5.41, 5.74) is 5.49. The summed E-state index contributed by atoms with van der Waals surface area (Å²) in [7, 11) is 0. The molecular weight excluding hydrogens is 352 g/mol. The third-order valence-electron chi connectivity index (χ3n) is 5.39. The molecule has 0 bridgehead atoms. The molecule has 1 atom stereocenters. The summed E-state index contributed by atoms with van der Waals surface area (Å²) in [5.74, 6) is -0.182. The van der Waals surface area contributed by atoms with Gasteiger partial charge in [0.15, 0.2) is 0 Å².